The van der Waals surface area contributed by atoms with Gasteiger partial charge in [-0.05, 0) is 76.7 Å². The van der Waals surface area contributed by atoms with Crippen LogP contribution in [0.2, 0.25) is 0 Å². The third-order valence-electron chi connectivity index (χ3n) is 6.45. The summed E-state index contributed by atoms with van der Waals surface area (Å²) in [6.45, 7) is 0.0561. The monoisotopic (exact) mass is 685 g/mol. The van der Waals surface area contributed by atoms with Crippen molar-refractivity contribution in [2.24, 2.45) is 5.92 Å². The SMILES string of the molecule is O=C(Nc1c(Br)cc(C(C(F)(F)F)C(F)(F)F)cc1C(F)(F)F)c1cccc(N(CC2CC2)C(=O)c2cccnc2)c1F. The Morgan fingerprint density at radius 3 is 2.16 bits per heavy atom. The third-order valence-corrected chi connectivity index (χ3v) is 7.07. The van der Waals surface area contributed by atoms with Gasteiger partial charge >= 0.3 is 18.5 Å². The van der Waals surface area contributed by atoms with Crippen LogP contribution in [0.4, 0.5) is 55.3 Å². The van der Waals surface area contributed by atoms with E-state index in [2.05, 4.69) is 20.9 Å². The second-order valence-corrected chi connectivity index (χ2v) is 10.5. The molecule has 16 heteroatoms. The van der Waals surface area contributed by atoms with E-state index < -0.39 is 68.9 Å². The number of carbonyl (C=O) groups excluding carboxylic acids is 2. The molecule has 3 aromatic rings. The number of aromatic nitrogens is 1. The maximum atomic E-state index is 15.7. The Morgan fingerprint density at radius 2 is 1.63 bits per heavy atom. The van der Waals surface area contributed by atoms with E-state index >= 15 is 4.39 Å². The fourth-order valence-corrected chi connectivity index (χ4v) is 4.86. The molecule has 0 unspecified atom stereocenters. The van der Waals surface area contributed by atoms with E-state index in [1.165, 1.54) is 30.6 Å². The van der Waals surface area contributed by atoms with Crippen molar-refractivity contribution in [1.82, 2.24) is 4.98 Å². The zero-order valence-electron chi connectivity index (χ0n) is 21.3. The molecule has 1 saturated carbocycles. The largest absolute Gasteiger partial charge is 0.418 e. The number of hydrogen-bond acceptors (Lipinski definition) is 3. The van der Waals surface area contributed by atoms with E-state index in [1.54, 1.807) is 5.32 Å². The molecule has 43 heavy (non-hydrogen) atoms. The minimum atomic E-state index is -5.99. The number of pyridine rings is 1. The van der Waals surface area contributed by atoms with Gasteiger partial charge in [-0.25, -0.2) is 4.39 Å². The standard InChI is InChI=1S/C27H18BrF10N3O2/c28-18-10-15(22(26(33,34)35)27(36,37)38)9-17(25(30,31)32)21(18)40-23(42)16-4-1-5-19(20(16)29)41(12-13-6-7-13)24(43)14-3-2-8-39-11-14/h1-5,8-11,13,22H,6-7,12H2,(H,40,42). The molecule has 1 N–H and O–H groups in total. The van der Waals surface area contributed by atoms with Crippen molar-refractivity contribution >= 4 is 39.1 Å². The van der Waals surface area contributed by atoms with Crippen LogP contribution < -0.4 is 10.2 Å². The van der Waals surface area contributed by atoms with Crippen LogP contribution in [-0.2, 0) is 6.18 Å². The molecule has 0 saturated heterocycles. The predicted molar refractivity (Wildman–Crippen MR) is 137 cm³/mol. The molecule has 1 heterocycles. The molecule has 1 aliphatic carbocycles. The van der Waals surface area contributed by atoms with Crippen molar-refractivity contribution in [3.8, 4) is 0 Å². The molecular formula is C27H18BrF10N3O2. The quantitative estimate of drug-likeness (QED) is 0.254. The predicted octanol–water partition coefficient (Wildman–Crippen LogP) is 8.52. The van der Waals surface area contributed by atoms with Gasteiger partial charge in [0.15, 0.2) is 11.7 Å². The molecule has 1 aliphatic rings. The van der Waals surface area contributed by atoms with Crippen molar-refractivity contribution in [2.75, 3.05) is 16.8 Å². The van der Waals surface area contributed by atoms with Crippen LogP contribution in [0.1, 0.15) is 50.6 Å². The van der Waals surface area contributed by atoms with Crippen molar-refractivity contribution in [3.63, 3.8) is 0 Å². The Bertz CT molecular complexity index is 1510. The first-order valence-corrected chi connectivity index (χ1v) is 13.0. The van der Waals surface area contributed by atoms with Crippen LogP contribution in [0.3, 0.4) is 0 Å². The number of rotatable bonds is 7. The van der Waals surface area contributed by atoms with Gasteiger partial charge in [0.2, 0.25) is 0 Å². The van der Waals surface area contributed by atoms with Gasteiger partial charge in [0.1, 0.15) is 0 Å². The van der Waals surface area contributed by atoms with Crippen LogP contribution in [-0.4, -0.2) is 35.7 Å². The van der Waals surface area contributed by atoms with E-state index in [0.29, 0.717) is 0 Å². The van der Waals surface area contributed by atoms with Gasteiger partial charge < -0.3 is 10.2 Å². The van der Waals surface area contributed by atoms with E-state index in [1.807, 2.05) is 0 Å². The lowest BCUT2D eigenvalue weighted by molar-refractivity contribution is -0.253. The maximum absolute atomic E-state index is 15.7. The summed E-state index contributed by atoms with van der Waals surface area (Å²) in [7, 11) is 0. The van der Waals surface area contributed by atoms with Crippen molar-refractivity contribution in [1.29, 1.82) is 0 Å². The van der Waals surface area contributed by atoms with Crippen molar-refractivity contribution in [3.05, 3.63) is 87.4 Å². The van der Waals surface area contributed by atoms with Crippen molar-refractivity contribution < 1.29 is 53.5 Å². The topological polar surface area (TPSA) is 62.3 Å². The fraction of sp³-hybridized carbons (Fsp3) is 0.296. The van der Waals surface area contributed by atoms with Gasteiger partial charge in [0, 0.05) is 23.4 Å². The number of nitrogens with zero attached hydrogens (tertiary/aromatic N) is 2. The fourth-order valence-electron chi connectivity index (χ4n) is 4.29. The van der Waals surface area contributed by atoms with Crippen LogP contribution in [0.15, 0.2) is 59.3 Å². The summed E-state index contributed by atoms with van der Waals surface area (Å²) in [5, 5.41) is 1.74. The highest BCUT2D eigenvalue weighted by molar-refractivity contribution is 9.10. The Labute approximate surface area is 245 Å². The molecule has 0 atom stereocenters. The highest BCUT2D eigenvalue weighted by Gasteiger charge is 2.58. The average molecular weight is 686 g/mol. The summed E-state index contributed by atoms with van der Waals surface area (Å²) in [5.74, 6) is -7.71. The molecule has 0 aliphatic heterocycles. The zero-order chi connectivity index (χ0) is 31.9. The third kappa shape index (κ3) is 7.28. The summed E-state index contributed by atoms with van der Waals surface area (Å²) in [5.41, 5.74) is -6.19. The molecule has 5 nitrogen and oxygen atoms in total. The van der Waals surface area contributed by atoms with Gasteiger partial charge in [-0.1, -0.05) is 6.07 Å². The number of amides is 2. The molecule has 230 valence electrons. The molecule has 2 amide bonds. The minimum absolute atomic E-state index is 0.0264. The van der Waals surface area contributed by atoms with Gasteiger partial charge in [-0.3, -0.25) is 14.6 Å². The lowest BCUT2D eigenvalue weighted by atomic mass is 9.95. The first-order valence-electron chi connectivity index (χ1n) is 12.3. The smallest absolute Gasteiger partial charge is 0.320 e. The molecule has 1 fully saturated rings. The molecule has 1 aromatic heterocycles. The normalized spacial score (nSPS) is 14.1. The van der Waals surface area contributed by atoms with Gasteiger partial charge in [-0.15, -0.1) is 0 Å². The number of hydrogen-bond donors (Lipinski definition) is 1. The van der Waals surface area contributed by atoms with Crippen molar-refractivity contribution in [2.45, 2.75) is 37.3 Å². The zero-order valence-corrected chi connectivity index (χ0v) is 22.9. The lowest BCUT2D eigenvalue weighted by Gasteiger charge is -2.26. The number of alkyl halides is 9. The highest BCUT2D eigenvalue weighted by Crippen LogP contribution is 2.49. The van der Waals surface area contributed by atoms with E-state index in [4.69, 9.17) is 0 Å². The maximum Gasteiger partial charge on any atom is 0.418 e. The Kier molecular flexibility index (Phi) is 8.82. The summed E-state index contributed by atoms with van der Waals surface area (Å²) in [6.07, 6.45) is -13.4. The number of carbonyl (C=O) groups is 2. The second kappa shape index (κ2) is 11.8. The molecule has 4 rings (SSSR count). The highest BCUT2D eigenvalue weighted by atomic mass is 79.9. The molecular weight excluding hydrogens is 668 g/mol. The summed E-state index contributed by atoms with van der Waals surface area (Å²) < 4.78 is 136. The van der Waals surface area contributed by atoms with Crippen LogP contribution in [0.25, 0.3) is 0 Å². The Hall–Kier alpha value is -3.69. The van der Waals surface area contributed by atoms with E-state index in [-0.39, 0.29) is 35.8 Å². The van der Waals surface area contributed by atoms with Crippen LogP contribution >= 0.6 is 15.9 Å². The van der Waals surface area contributed by atoms with Gasteiger partial charge in [-0.2, -0.15) is 39.5 Å². The van der Waals surface area contributed by atoms with Crippen LogP contribution in [0, 0.1) is 11.7 Å². The second-order valence-electron chi connectivity index (χ2n) is 9.63. The number of halogens is 11. The van der Waals surface area contributed by atoms with Crippen LogP contribution in [0.5, 0.6) is 0 Å². The van der Waals surface area contributed by atoms with Gasteiger partial charge in [0.25, 0.3) is 11.8 Å². The van der Waals surface area contributed by atoms with E-state index in [9.17, 15) is 49.1 Å². The summed E-state index contributed by atoms with van der Waals surface area (Å²) in [4.78, 5) is 31.1. The number of nitrogens with one attached hydrogen (secondary N) is 1. The average Bonchev–Trinajstić information content (AvgIpc) is 3.71. The summed E-state index contributed by atoms with van der Waals surface area (Å²) >= 11 is 2.53. The number of anilines is 2. The minimum Gasteiger partial charge on any atom is -0.320 e. The molecule has 0 radical (unpaired) electrons. The molecule has 2 aromatic carbocycles. The Balaban J connectivity index is 1.74. The van der Waals surface area contributed by atoms with E-state index in [0.717, 1.165) is 29.9 Å². The molecule has 0 bridgehead atoms. The summed E-state index contributed by atoms with van der Waals surface area (Å²) in [6, 6.07) is 5.88. The molecule has 0 spiro atoms. The first kappa shape index (κ1) is 32.2. The first-order chi connectivity index (χ1) is 19.9. The Morgan fingerprint density at radius 1 is 0.977 bits per heavy atom. The lowest BCUT2D eigenvalue weighted by Crippen LogP contribution is -2.34. The van der Waals surface area contributed by atoms with Gasteiger partial charge in [0.05, 0.1) is 28.1 Å². The number of benzene rings is 2.